The molecular weight excluding hydrogens is 328 g/mol. The molecule has 1 saturated carbocycles. The zero-order chi connectivity index (χ0) is 18.1. The van der Waals surface area contributed by atoms with Crippen LogP contribution in [0.25, 0.3) is 0 Å². The second-order valence-corrected chi connectivity index (χ2v) is 6.88. The summed E-state index contributed by atoms with van der Waals surface area (Å²) in [6.45, 7) is 0. The van der Waals surface area contributed by atoms with Gasteiger partial charge in [-0.25, -0.2) is 0 Å². The number of anilines is 2. The van der Waals surface area contributed by atoms with E-state index >= 15 is 0 Å². The van der Waals surface area contributed by atoms with Gasteiger partial charge in [-0.15, -0.1) is 0 Å². The topological polar surface area (TPSA) is 66.5 Å². The van der Waals surface area contributed by atoms with E-state index in [9.17, 15) is 14.4 Å². The molecule has 4 rings (SSSR count). The van der Waals surface area contributed by atoms with Gasteiger partial charge in [-0.2, -0.15) is 0 Å². The second-order valence-electron chi connectivity index (χ2n) is 6.88. The standard InChI is InChI=1S/C21H20N2O3/c24-19(22-15-8-2-1-3-9-15)14-7-6-10-16(13-14)23-20(25)17-11-4-5-12-18(17)21(23)26/h1-3,6-10,13,17-18H,4-5,11-12H2,(H,22,24)/t17-,18-/m0/s1. The SMILES string of the molecule is O=C(Nc1ccccc1)c1cccc(N2C(=O)[C@H]3CCCC[C@@H]3C2=O)c1. The molecule has 5 nitrogen and oxygen atoms in total. The van der Waals surface area contributed by atoms with E-state index < -0.39 is 0 Å². The first-order valence-corrected chi connectivity index (χ1v) is 8.99. The highest BCUT2D eigenvalue weighted by Crippen LogP contribution is 2.40. The third-order valence-electron chi connectivity index (χ3n) is 5.24. The molecule has 1 aliphatic carbocycles. The van der Waals surface area contributed by atoms with E-state index in [0.29, 0.717) is 16.9 Å². The predicted molar refractivity (Wildman–Crippen MR) is 98.8 cm³/mol. The number of nitrogens with zero attached hydrogens (tertiary/aromatic N) is 1. The van der Waals surface area contributed by atoms with Crippen molar-refractivity contribution in [1.82, 2.24) is 0 Å². The molecule has 1 heterocycles. The van der Waals surface area contributed by atoms with Gasteiger partial charge in [0.15, 0.2) is 0 Å². The Kier molecular flexibility index (Phi) is 4.29. The van der Waals surface area contributed by atoms with Crippen molar-refractivity contribution in [2.75, 3.05) is 10.2 Å². The van der Waals surface area contributed by atoms with Gasteiger partial charge in [0.1, 0.15) is 0 Å². The average molecular weight is 348 g/mol. The highest BCUT2D eigenvalue weighted by atomic mass is 16.2. The third-order valence-corrected chi connectivity index (χ3v) is 5.24. The van der Waals surface area contributed by atoms with Crippen molar-refractivity contribution in [3.63, 3.8) is 0 Å². The molecule has 26 heavy (non-hydrogen) atoms. The molecular formula is C21H20N2O3. The minimum atomic E-state index is -0.269. The Morgan fingerprint density at radius 2 is 1.54 bits per heavy atom. The van der Waals surface area contributed by atoms with Gasteiger partial charge in [-0.1, -0.05) is 37.1 Å². The Labute approximate surface area is 152 Å². The zero-order valence-electron chi connectivity index (χ0n) is 14.4. The molecule has 1 N–H and O–H groups in total. The summed E-state index contributed by atoms with van der Waals surface area (Å²) < 4.78 is 0. The van der Waals surface area contributed by atoms with Gasteiger partial charge < -0.3 is 5.32 Å². The molecule has 0 aromatic heterocycles. The maximum atomic E-state index is 12.7. The third kappa shape index (κ3) is 2.90. The number of hydrogen-bond acceptors (Lipinski definition) is 3. The molecule has 0 bridgehead atoms. The van der Waals surface area contributed by atoms with Crippen molar-refractivity contribution in [3.05, 3.63) is 60.2 Å². The summed E-state index contributed by atoms with van der Waals surface area (Å²) in [6.07, 6.45) is 3.54. The Morgan fingerprint density at radius 3 is 2.19 bits per heavy atom. The number of carbonyl (C=O) groups is 3. The first-order chi connectivity index (χ1) is 12.6. The van der Waals surface area contributed by atoms with Crippen molar-refractivity contribution in [3.8, 4) is 0 Å². The molecule has 1 saturated heterocycles. The average Bonchev–Trinajstić information content (AvgIpc) is 2.94. The minimum absolute atomic E-state index is 0.125. The van der Waals surface area contributed by atoms with Crippen molar-refractivity contribution in [2.24, 2.45) is 11.8 Å². The smallest absolute Gasteiger partial charge is 0.255 e. The molecule has 5 heteroatoms. The summed E-state index contributed by atoms with van der Waals surface area (Å²) in [7, 11) is 0. The van der Waals surface area contributed by atoms with E-state index in [-0.39, 0.29) is 29.6 Å². The quantitative estimate of drug-likeness (QED) is 0.862. The molecule has 132 valence electrons. The number of nitrogens with one attached hydrogen (secondary N) is 1. The van der Waals surface area contributed by atoms with Crippen LogP contribution >= 0.6 is 0 Å². The summed E-state index contributed by atoms with van der Waals surface area (Å²) in [5.41, 5.74) is 1.60. The van der Waals surface area contributed by atoms with Crippen LogP contribution in [0.2, 0.25) is 0 Å². The highest BCUT2D eigenvalue weighted by Gasteiger charge is 2.48. The predicted octanol–water partition coefficient (Wildman–Crippen LogP) is 3.62. The number of carbonyl (C=O) groups excluding carboxylic acids is 3. The molecule has 3 amide bonds. The Bertz CT molecular complexity index is 839. The maximum absolute atomic E-state index is 12.7. The molecule has 2 aromatic rings. The second kappa shape index (κ2) is 6.75. The van der Waals surface area contributed by atoms with Crippen LogP contribution in [-0.2, 0) is 9.59 Å². The van der Waals surface area contributed by atoms with Crippen LogP contribution in [0.5, 0.6) is 0 Å². The van der Waals surface area contributed by atoms with Gasteiger partial charge in [0.2, 0.25) is 11.8 Å². The molecule has 0 unspecified atom stereocenters. The number of benzene rings is 2. The van der Waals surface area contributed by atoms with Gasteiger partial charge in [-0.05, 0) is 43.2 Å². The summed E-state index contributed by atoms with van der Waals surface area (Å²) in [5.74, 6) is -0.911. The number of hydrogen-bond donors (Lipinski definition) is 1. The first-order valence-electron chi connectivity index (χ1n) is 8.99. The number of amides is 3. The summed E-state index contributed by atoms with van der Waals surface area (Å²) in [5, 5.41) is 2.82. The molecule has 0 radical (unpaired) electrons. The fraction of sp³-hybridized carbons (Fsp3) is 0.286. The van der Waals surface area contributed by atoms with E-state index in [1.54, 1.807) is 36.4 Å². The van der Waals surface area contributed by atoms with Crippen molar-refractivity contribution in [2.45, 2.75) is 25.7 Å². The van der Waals surface area contributed by atoms with E-state index in [1.807, 2.05) is 18.2 Å². The Hall–Kier alpha value is -2.95. The molecule has 2 aliphatic rings. The van der Waals surface area contributed by atoms with Crippen molar-refractivity contribution >= 4 is 29.1 Å². The van der Waals surface area contributed by atoms with Gasteiger partial charge in [0, 0.05) is 11.3 Å². The van der Waals surface area contributed by atoms with Crippen molar-refractivity contribution < 1.29 is 14.4 Å². The van der Waals surface area contributed by atoms with Crippen LogP contribution in [-0.4, -0.2) is 17.7 Å². The molecule has 2 atom stereocenters. The maximum Gasteiger partial charge on any atom is 0.255 e. The lowest BCUT2D eigenvalue weighted by Gasteiger charge is -2.19. The van der Waals surface area contributed by atoms with E-state index in [2.05, 4.69) is 5.32 Å². The number of para-hydroxylation sites is 1. The number of rotatable bonds is 3. The first kappa shape index (κ1) is 16.5. The Morgan fingerprint density at radius 1 is 0.885 bits per heavy atom. The lowest BCUT2D eigenvalue weighted by molar-refractivity contribution is -0.122. The summed E-state index contributed by atoms with van der Waals surface area (Å²) >= 11 is 0. The molecule has 0 spiro atoms. The molecule has 2 aromatic carbocycles. The van der Waals surface area contributed by atoms with Crippen LogP contribution in [0.3, 0.4) is 0 Å². The largest absolute Gasteiger partial charge is 0.322 e. The zero-order valence-corrected chi connectivity index (χ0v) is 14.4. The Balaban J connectivity index is 1.58. The normalized spacial score (nSPS) is 22.2. The van der Waals surface area contributed by atoms with Gasteiger partial charge >= 0.3 is 0 Å². The van der Waals surface area contributed by atoms with Crippen LogP contribution in [0, 0.1) is 11.8 Å². The fourth-order valence-corrected chi connectivity index (χ4v) is 3.93. The number of imide groups is 1. The van der Waals surface area contributed by atoms with Gasteiger partial charge in [-0.3, -0.25) is 19.3 Å². The monoisotopic (exact) mass is 348 g/mol. The van der Waals surface area contributed by atoms with E-state index in [0.717, 1.165) is 25.7 Å². The van der Waals surface area contributed by atoms with Crippen LogP contribution < -0.4 is 10.2 Å². The van der Waals surface area contributed by atoms with Crippen LogP contribution in [0.15, 0.2) is 54.6 Å². The lowest BCUT2D eigenvalue weighted by atomic mass is 9.81. The van der Waals surface area contributed by atoms with Crippen LogP contribution in [0.1, 0.15) is 36.0 Å². The van der Waals surface area contributed by atoms with E-state index in [1.165, 1.54) is 4.90 Å². The minimum Gasteiger partial charge on any atom is -0.322 e. The summed E-state index contributed by atoms with van der Waals surface area (Å²) in [4.78, 5) is 39.2. The van der Waals surface area contributed by atoms with Gasteiger partial charge in [0.05, 0.1) is 17.5 Å². The number of fused-ring (bicyclic) bond motifs is 1. The fourth-order valence-electron chi connectivity index (χ4n) is 3.93. The van der Waals surface area contributed by atoms with Crippen molar-refractivity contribution in [1.29, 1.82) is 0 Å². The summed E-state index contributed by atoms with van der Waals surface area (Å²) in [6, 6.07) is 15.9. The van der Waals surface area contributed by atoms with Gasteiger partial charge in [0.25, 0.3) is 5.91 Å². The lowest BCUT2D eigenvalue weighted by Crippen LogP contribution is -2.31. The molecule has 2 fully saturated rings. The highest BCUT2D eigenvalue weighted by molar-refractivity contribution is 6.22. The van der Waals surface area contributed by atoms with Crippen LogP contribution in [0.4, 0.5) is 11.4 Å². The molecule has 1 aliphatic heterocycles. The van der Waals surface area contributed by atoms with E-state index in [4.69, 9.17) is 0 Å².